The molecule has 0 fully saturated rings. The molecule has 2 heterocycles. The van der Waals surface area contributed by atoms with Crippen molar-refractivity contribution in [2.75, 3.05) is 5.73 Å². The summed E-state index contributed by atoms with van der Waals surface area (Å²) in [6, 6.07) is 9.75. The Kier molecular flexibility index (Phi) is 2.23. The van der Waals surface area contributed by atoms with Crippen molar-refractivity contribution in [3.63, 3.8) is 0 Å². The summed E-state index contributed by atoms with van der Waals surface area (Å²) >= 11 is 5.86. The van der Waals surface area contributed by atoms with E-state index in [1.807, 2.05) is 30.3 Å². The van der Waals surface area contributed by atoms with Crippen molar-refractivity contribution in [3.05, 3.63) is 47.7 Å². The molecule has 0 spiro atoms. The average Bonchev–Trinajstić information content (AvgIpc) is 2.67. The molecule has 2 aromatic heterocycles. The summed E-state index contributed by atoms with van der Waals surface area (Å²) < 4.78 is 1.60. The minimum absolute atomic E-state index is 0.527. The van der Waals surface area contributed by atoms with E-state index in [1.54, 1.807) is 16.9 Å². The van der Waals surface area contributed by atoms with Gasteiger partial charge in [-0.25, -0.2) is 9.50 Å². The van der Waals surface area contributed by atoms with Gasteiger partial charge in [0.2, 0.25) is 0 Å². The minimum Gasteiger partial charge on any atom is -0.394 e. The van der Waals surface area contributed by atoms with Crippen molar-refractivity contribution in [3.8, 4) is 11.3 Å². The first-order chi connectivity index (χ1) is 8.25. The molecule has 4 nitrogen and oxygen atoms in total. The summed E-state index contributed by atoms with van der Waals surface area (Å²) in [6.45, 7) is 0. The van der Waals surface area contributed by atoms with Gasteiger partial charge in [-0.15, -0.1) is 0 Å². The molecule has 3 aromatic rings. The Hall–Kier alpha value is -2.07. The SMILES string of the molecule is Nc1c(-c2ccccc2)nn2cc(Cl)cnc12. The van der Waals surface area contributed by atoms with Gasteiger partial charge in [0.05, 0.1) is 11.2 Å². The highest BCUT2D eigenvalue weighted by atomic mass is 35.5. The molecule has 0 aliphatic heterocycles. The Morgan fingerprint density at radius 2 is 1.94 bits per heavy atom. The standard InChI is InChI=1S/C12H9ClN4/c13-9-6-15-12-10(14)11(16-17(12)7-9)8-4-2-1-3-5-8/h1-7H,14H2. The molecule has 0 atom stereocenters. The molecule has 0 aliphatic rings. The van der Waals surface area contributed by atoms with Crippen LogP contribution in [0.4, 0.5) is 5.69 Å². The maximum atomic E-state index is 6.03. The second kappa shape index (κ2) is 3.75. The van der Waals surface area contributed by atoms with Crippen molar-refractivity contribution in [2.45, 2.75) is 0 Å². The van der Waals surface area contributed by atoms with Gasteiger partial charge in [-0.05, 0) is 0 Å². The predicted molar refractivity (Wildman–Crippen MR) is 67.8 cm³/mol. The van der Waals surface area contributed by atoms with E-state index in [1.165, 1.54) is 0 Å². The lowest BCUT2D eigenvalue weighted by Gasteiger charge is -1.95. The molecular weight excluding hydrogens is 236 g/mol. The van der Waals surface area contributed by atoms with E-state index in [2.05, 4.69) is 10.1 Å². The van der Waals surface area contributed by atoms with E-state index in [-0.39, 0.29) is 0 Å². The summed E-state index contributed by atoms with van der Waals surface area (Å²) in [5, 5.41) is 4.92. The number of aromatic nitrogens is 3. The van der Waals surface area contributed by atoms with Gasteiger partial charge < -0.3 is 5.73 Å². The first-order valence-electron chi connectivity index (χ1n) is 5.10. The average molecular weight is 245 g/mol. The van der Waals surface area contributed by atoms with Gasteiger partial charge in [0.15, 0.2) is 5.65 Å². The van der Waals surface area contributed by atoms with Gasteiger partial charge in [-0.2, -0.15) is 5.10 Å². The number of fused-ring (bicyclic) bond motifs is 1. The Balaban J connectivity index is 2.28. The van der Waals surface area contributed by atoms with Crippen LogP contribution in [0.25, 0.3) is 16.9 Å². The van der Waals surface area contributed by atoms with Crippen LogP contribution in [-0.4, -0.2) is 14.6 Å². The number of benzene rings is 1. The zero-order chi connectivity index (χ0) is 11.8. The lowest BCUT2D eigenvalue weighted by molar-refractivity contribution is 0.943. The molecular formula is C12H9ClN4. The van der Waals surface area contributed by atoms with Gasteiger partial charge in [0.25, 0.3) is 0 Å². The Morgan fingerprint density at radius 1 is 1.18 bits per heavy atom. The number of nitrogens with zero attached hydrogens (tertiary/aromatic N) is 3. The van der Waals surface area contributed by atoms with Crippen molar-refractivity contribution >= 4 is 22.9 Å². The Morgan fingerprint density at radius 3 is 2.71 bits per heavy atom. The first kappa shape index (κ1) is 10.1. The second-order valence-corrected chi connectivity index (χ2v) is 4.11. The quantitative estimate of drug-likeness (QED) is 0.716. The topological polar surface area (TPSA) is 56.2 Å². The molecule has 0 radical (unpaired) electrons. The van der Waals surface area contributed by atoms with Crippen LogP contribution in [0.15, 0.2) is 42.7 Å². The Bertz CT molecular complexity index is 676. The highest BCUT2D eigenvalue weighted by Crippen LogP contribution is 2.27. The maximum absolute atomic E-state index is 6.03. The van der Waals surface area contributed by atoms with Crippen LogP contribution in [0.1, 0.15) is 0 Å². The molecule has 3 rings (SSSR count). The number of hydrogen-bond donors (Lipinski definition) is 1. The Labute approximate surface area is 103 Å². The molecule has 0 bridgehead atoms. The van der Waals surface area contributed by atoms with Gasteiger partial charge >= 0.3 is 0 Å². The summed E-state index contributed by atoms with van der Waals surface area (Å²) in [6.07, 6.45) is 3.25. The molecule has 1 aromatic carbocycles. The van der Waals surface area contributed by atoms with Crippen LogP contribution in [0.5, 0.6) is 0 Å². The number of anilines is 1. The number of halogens is 1. The largest absolute Gasteiger partial charge is 0.394 e. The number of hydrogen-bond acceptors (Lipinski definition) is 3. The van der Waals surface area contributed by atoms with Crippen molar-refractivity contribution in [2.24, 2.45) is 0 Å². The highest BCUT2D eigenvalue weighted by molar-refractivity contribution is 6.30. The summed E-state index contributed by atoms with van der Waals surface area (Å²) in [5.41, 5.74) is 8.90. The van der Waals surface area contributed by atoms with E-state index in [0.717, 1.165) is 11.3 Å². The van der Waals surface area contributed by atoms with Gasteiger partial charge in [0, 0.05) is 11.8 Å². The van der Waals surface area contributed by atoms with Crippen LogP contribution in [-0.2, 0) is 0 Å². The molecule has 0 aliphatic carbocycles. The maximum Gasteiger partial charge on any atom is 0.179 e. The summed E-state index contributed by atoms with van der Waals surface area (Å²) in [4.78, 5) is 4.17. The lowest BCUT2D eigenvalue weighted by atomic mass is 10.1. The number of rotatable bonds is 1. The van der Waals surface area contributed by atoms with Crippen LogP contribution in [0, 0.1) is 0 Å². The minimum atomic E-state index is 0.527. The highest BCUT2D eigenvalue weighted by Gasteiger charge is 2.12. The van der Waals surface area contributed by atoms with Crippen molar-refractivity contribution in [1.82, 2.24) is 14.6 Å². The lowest BCUT2D eigenvalue weighted by Crippen LogP contribution is -1.90. The molecule has 0 unspecified atom stereocenters. The second-order valence-electron chi connectivity index (χ2n) is 3.67. The third kappa shape index (κ3) is 1.62. The van der Waals surface area contributed by atoms with Crippen molar-refractivity contribution in [1.29, 1.82) is 0 Å². The van der Waals surface area contributed by atoms with E-state index in [4.69, 9.17) is 17.3 Å². The van der Waals surface area contributed by atoms with Crippen LogP contribution >= 0.6 is 11.6 Å². The van der Waals surface area contributed by atoms with Gasteiger partial charge in [0.1, 0.15) is 11.4 Å². The fourth-order valence-electron chi connectivity index (χ4n) is 1.74. The van der Waals surface area contributed by atoms with Crippen LogP contribution in [0.3, 0.4) is 0 Å². The first-order valence-corrected chi connectivity index (χ1v) is 5.48. The molecule has 0 saturated heterocycles. The van der Waals surface area contributed by atoms with Gasteiger partial charge in [-0.1, -0.05) is 41.9 Å². The van der Waals surface area contributed by atoms with Crippen LogP contribution in [0.2, 0.25) is 5.02 Å². The molecule has 2 N–H and O–H groups in total. The smallest absolute Gasteiger partial charge is 0.179 e. The van der Waals surface area contributed by atoms with E-state index in [0.29, 0.717) is 16.4 Å². The van der Waals surface area contributed by atoms with E-state index >= 15 is 0 Å². The summed E-state index contributed by atoms with van der Waals surface area (Å²) in [5.74, 6) is 0. The van der Waals surface area contributed by atoms with Crippen molar-refractivity contribution < 1.29 is 0 Å². The van der Waals surface area contributed by atoms with E-state index in [9.17, 15) is 0 Å². The van der Waals surface area contributed by atoms with Gasteiger partial charge in [-0.3, -0.25) is 0 Å². The molecule has 17 heavy (non-hydrogen) atoms. The normalized spacial score (nSPS) is 10.9. The molecule has 84 valence electrons. The fraction of sp³-hybridized carbons (Fsp3) is 0. The monoisotopic (exact) mass is 244 g/mol. The zero-order valence-corrected chi connectivity index (χ0v) is 9.59. The molecule has 5 heteroatoms. The number of nitrogen functional groups attached to an aromatic ring is 1. The fourth-order valence-corrected chi connectivity index (χ4v) is 1.88. The van der Waals surface area contributed by atoms with Crippen LogP contribution < -0.4 is 5.73 Å². The van der Waals surface area contributed by atoms with E-state index < -0.39 is 0 Å². The summed E-state index contributed by atoms with van der Waals surface area (Å²) in [7, 11) is 0. The predicted octanol–water partition coefficient (Wildman–Crippen LogP) is 2.63. The molecule has 0 saturated carbocycles. The third-order valence-corrected chi connectivity index (χ3v) is 2.72. The molecule has 0 amide bonds. The number of nitrogens with two attached hydrogens (primary N) is 1. The third-order valence-electron chi connectivity index (χ3n) is 2.52. The zero-order valence-electron chi connectivity index (χ0n) is 8.84.